The molecule has 8 amide bonds. The number of carbonyl (C=O) groups excluding carboxylic acids is 9. The second kappa shape index (κ2) is 31.3. The highest BCUT2D eigenvalue weighted by Gasteiger charge is 2.35. The molecular weight excluding hydrogens is 991 g/mol. The van der Waals surface area contributed by atoms with Crippen LogP contribution in [0.4, 0.5) is 4.79 Å². The standard InChI is InChI=1S/C55H79N11O9S/c1-7-9-20-40(57)48(69)61-42(22-14-15-25-56)49(70)63-45(29-37-30-59-41-21-13-12-19-39(37)41)52(73)65-46(33(5)6)53(74)66-54(47(58)68)76-55(75)64-43(26-32(3)4)51(72)62-44(50(71)60-38(31-67)16-8-2)28-34-23-24-35-17-10-11-18-36(35)27-34/h10-13,17-19,21,23-24,27,30-33,38,40,42-46,54,59H,7-9,14-16,20,22,25-26,28-29,56-57H2,1-6H3,(H2,58,68)(H,60,71)(H,61,69)(H,62,72)(H,63,70)(H,64,75)(H,65,73)(H,66,74)/t38-,40-,42-,43-,44-,45-,46-,54-/m0/s1. The highest BCUT2D eigenvalue weighted by molar-refractivity contribution is 8.14. The number of hydrogen-bond donors (Lipinski definition) is 11. The van der Waals surface area contributed by atoms with Crippen LogP contribution >= 0.6 is 11.8 Å². The molecule has 0 saturated heterocycles. The number of thioether (sulfide) groups is 1. The number of hydrogen-bond acceptors (Lipinski definition) is 12. The number of aromatic amines is 1. The third kappa shape index (κ3) is 19.4. The van der Waals surface area contributed by atoms with Crippen molar-refractivity contribution in [2.24, 2.45) is 29.0 Å². The lowest BCUT2D eigenvalue weighted by Gasteiger charge is -2.28. The molecule has 0 fully saturated rings. The van der Waals surface area contributed by atoms with Crippen molar-refractivity contribution in [1.29, 1.82) is 0 Å². The van der Waals surface area contributed by atoms with Crippen molar-refractivity contribution < 1.29 is 43.2 Å². The zero-order valence-corrected chi connectivity index (χ0v) is 45.4. The fraction of sp³-hybridized carbons (Fsp3) is 0.509. The molecule has 4 aromatic rings. The van der Waals surface area contributed by atoms with Crippen molar-refractivity contribution in [3.63, 3.8) is 0 Å². The molecule has 4 rings (SSSR count). The summed E-state index contributed by atoms with van der Waals surface area (Å²) in [5.74, 6) is -5.99. The smallest absolute Gasteiger partial charge is 0.282 e. The monoisotopic (exact) mass is 1070 g/mol. The molecule has 76 heavy (non-hydrogen) atoms. The summed E-state index contributed by atoms with van der Waals surface area (Å²) in [6.07, 6.45) is 6.71. The topological polar surface area (TPSA) is 332 Å². The van der Waals surface area contributed by atoms with Crippen LogP contribution in [0.15, 0.2) is 72.9 Å². The Morgan fingerprint density at radius 3 is 1.91 bits per heavy atom. The number of aldehydes is 1. The molecule has 8 atom stereocenters. The fourth-order valence-corrected chi connectivity index (χ4v) is 9.32. The first-order valence-corrected chi connectivity index (χ1v) is 27.2. The Morgan fingerprint density at radius 2 is 1.26 bits per heavy atom. The second-order valence-corrected chi connectivity index (χ2v) is 21.0. The van der Waals surface area contributed by atoms with E-state index in [1.807, 2.05) is 94.4 Å². The summed E-state index contributed by atoms with van der Waals surface area (Å²) in [6.45, 7) is 11.1. The zero-order valence-electron chi connectivity index (χ0n) is 44.6. The van der Waals surface area contributed by atoms with Crippen molar-refractivity contribution in [1.82, 2.24) is 42.2 Å². The van der Waals surface area contributed by atoms with Crippen molar-refractivity contribution in [3.05, 3.63) is 84.1 Å². The molecule has 0 unspecified atom stereocenters. The van der Waals surface area contributed by atoms with Gasteiger partial charge in [0, 0.05) is 29.9 Å². The predicted molar refractivity (Wildman–Crippen MR) is 296 cm³/mol. The molecule has 0 spiro atoms. The lowest BCUT2D eigenvalue weighted by Crippen LogP contribution is -2.60. The molecule has 0 radical (unpaired) electrons. The van der Waals surface area contributed by atoms with Crippen molar-refractivity contribution in [2.75, 3.05) is 6.54 Å². The van der Waals surface area contributed by atoms with Gasteiger partial charge in [-0.15, -0.1) is 0 Å². The van der Waals surface area contributed by atoms with Gasteiger partial charge in [-0.3, -0.25) is 38.4 Å². The summed E-state index contributed by atoms with van der Waals surface area (Å²) in [6, 6.07) is 13.0. The molecule has 3 aromatic carbocycles. The Balaban J connectivity index is 1.54. The minimum atomic E-state index is -1.69. The SMILES string of the molecule is CCCC[C@H](N)C(=O)N[C@@H](CCCCN)C(=O)N[C@@H](Cc1c[nH]c2ccccc12)C(=O)N[C@H](C(=O)N[C@@H](SC(=O)N[C@@H](CC(C)C)C(=O)N[C@@H](Cc1ccc2ccccc2c1)C(=O)N[C@H](C=O)CCC)C(N)=O)C(C)C. The van der Waals surface area contributed by atoms with E-state index >= 15 is 0 Å². The van der Waals surface area contributed by atoms with E-state index in [-0.39, 0.29) is 31.6 Å². The number of benzene rings is 3. The van der Waals surface area contributed by atoms with E-state index in [0.717, 1.165) is 33.7 Å². The third-order valence-electron chi connectivity index (χ3n) is 12.8. The number of carbonyl (C=O) groups is 9. The molecule has 1 heterocycles. The second-order valence-electron chi connectivity index (χ2n) is 20.0. The van der Waals surface area contributed by atoms with Crippen LogP contribution < -0.4 is 54.4 Å². The summed E-state index contributed by atoms with van der Waals surface area (Å²) in [7, 11) is 0. The summed E-state index contributed by atoms with van der Waals surface area (Å²) >= 11 is 0.309. The number of primary amides is 1. The van der Waals surface area contributed by atoms with Gasteiger partial charge in [0.05, 0.1) is 12.1 Å². The van der Waals surface area contributed by atoms with Gasteiger partial charge in [-0.25, -0.2) is 0 Å². The van der Waals surface area contributed by atoms with E-state index in [1.165, 1.54) is 0 Å². The highest BCUT2D eigenvalue weighted by atomic mass is 32.2. The van der Waals surface area contributed by atoms with Gasteiger partial charge in [-0.05, 0) is 96.6 Å². The molecule has 20 nitrogen and oxygen atoms in total. The van der Waals surface area contributed by atoms with Gasteiger partial charge in [-0.1, -0.05) is 121 Å². The highest BCUT2D eigenvalue weighted by Crippen LogP contribution is 2.21. The van der Waals surface area contributed by atoms with Crippen LogP contribution in [0, 0.1) is 11.8 Å². The Labute approximate surface area is 449 Å². The zero-order chi connectivity index (χ0) is 55.9. The van der Waals surface area contributed by atoms with E-state index in [2.05, 4.69) is 42.2 Å². The summed E-state index contributed by atoms with van der Waals surface area (Å²) < 4.78 is 0. The number of fused-ring (bicyclic) bond motifs is 2. The van der Waals surface area contributed by atoms with E-state index in [9.17, 15) is 43.2 Å². The first-order valence-electron chi connectivity index (χ1n) is 26.3. The third-order valence-corrected chi connectivity index (χ3v) is 13.7. The number of unbranched alkanes of at least 4 members (excludes halogenated alkanes) is 2. The largest absolute Gasteiger partial charge is 0.367 e. The van der Waals surface area contributed by atoms with Gasteiger partial charge < -0.3 is 64.2 Å². The minimum absolute atomic E-state index is 0.0362. The fourth-order valence-electron chi connectivity index (χ4n) is 8.60. The van der Waals surface area contributed by atoms with Crippen molar-refractivity contribution in [3.8, 4) is 0 Å². The molecule has 0 bridgehead atoms. The number of para-hydroxylation sites is 1. The Hall–Kier alpha value is -6.84. The van der Waals surface area contributed by atoms with Crippen molar-refractivity contribution >= 4 is 86.3 Å². The molecule has 0 aliphatic heterocycles. The Morgan fingerprint density at radius 1 is 0.632 bits per heavy atom. The summed E-state index contributed by atoms with van der Waals surface area (Å²) in [4.78, 5) is 126. The maximum atomic E-state index is 14.5. The van der Waals surface area contributed by atoms with Gasteiger partial charge in [0.1, 0.15) is 36.5 Å². The average Bonchev–Trinajstić information content (AvgIpc) is 3.80. The van der Waals surface area contributed by atoms with Crippen LogP contribution in [0.5, 0.6) is 0 Å². The number of aromatic nitrogens is 1. The molecule has 0 aliphatic carbocycles. The lowest BCUT2D eigenvalue weighted by atomic mass is 9.99. The van der Waals surface area contributed by atoms with E-state index in [1.54, 1.807) is 20.0 Å². The normalized spacial score (nSPS) is 14.6. The van der Waals surface area contributed by atoms with Crippen LogP contribution in [0.3, 0.4) is 0 Å². The predicted octanol–water partition coefficient (Wildman–Crippen LogP) is 3.62. The van der Waals surface area contributed by atoms with E-state index < -0.39 is 100 Å². The van der Waals surface area contributed by atoms with Crippen LogP contribution in [0.1, 0.15) is 110 Å². The van der Waals surface area contributed by atoms with Crippen molar-refractivity contribution in [2.45, 2.75) is 160 Å². The molecule has 14 N–H and O–H groups in total. The van der Waals surface area contributed by atoms with Crippen LogP contribution in [-0.2, 0) is 51.2 Å². The molecular formula is C55H79N11O9S. The van der Waals surface area contributed by atoms with E-state index in [0.29, 0.717) is 68.7 Å². The lowest BCUT2D eigenvalue weighted by molar-refractivity contribution is -0.134. The van der Waals surface area contributed by atoms with Gasteiger partial charge in [0.2, 0.25) is 35.4 Å². The quantitative estimate of drug-likeness (QED) is 0.0190. The Kier molecular flexibility index (Phi) is 25.4. The molecule has 0 saturated carbocycles. The van der Waals surface area contributed by atoms with Gasteiger partial charge >= 0.3 is 0 Å². The maximum absolute atomic E-state index is 14.5. The van der Waals surface area contributed by atoms with Crippen LogP contribution in [0.25, 0.3) is 21.7 Å². The number of H-pyrrole nitrogens is 1. The van der Waals surface area contributed by atoms with Crippen LogP contribution in [-0.4, -0.2) is 112 Å². The summed E-state index contributed by atoms with van der Waals surface area (Å²) in [5, 5.41) is 19.0. The number of rotatable bonds is 32. The Bertz CT molecular complexity index is 2610. The summed E-state index contributed by atoms with van der Waals surface area (Å²) in [5.41, 5.74) is 19.8. The first-order chi connectivity index (χ1) is 36.3. The first kappa shape index (κ1) is 61.7. The molecule has 414 valence electrons. The molecule has 1 aromatic heterocycles. The van der Waals surface area contributed by atoms with Gasteiger partial charge in [0.15, 0.2) is 5.37 Å². The number of amides is 8. The van der Waals surface area contributed by atoms with E-state index in [4.69, 9.17) is 17.2 Å². The average molecular weight is 1070 g/mol. The van der Waals surface area contributed by atoms with Crippen LogP contribution in [0.2, 0.25) is 0 Å². The molecule has 21 heteroatoms. The molecule has 0 aliphatic rings. The van der Waals surface area contributed by atoms with Gasteiger partial charge in [0.25, 0.3) is 11.1 Å². The number of nitrogens with two attached hydrogens (primary N) is 3. The van der Waals surface area contributed by atoms with Gasteiger partial charge in [-0.2, -0.15) is 0 Å². The number of nitrogens with one attached hydrogen (secondary N) is 8. The minimum Gasteiger partial charge on any atom is -0.367 e. The maximum Gasteiger partial charge on any atom is 0.282 e.